The van der Waals surface area contributed by atoms with Crippen molar-refractivity contribution < 1.29 is 4.42 Å². The van der Waals surface area contributed by atoms with Crippen LogP contribution in [-0.4, -0.2) is 19.1 Å². The highest BCUT2D eigenvalue weighted by atomic mass is 16.3. The molecule has 0 aliphatic heterocycles. The van der Waals surface area contributed by atoms with Gasteiger partial charge in [-0.05, 0) is 53.9 Å². The number of hydrogen-bond donors (Lipinski definition) is 0. The van der Waals surface area contributed by atoms with E-state index in [4.69, 9.17) is 14.4 Å². The van der Waals surface area contributed by atoms with Crippen LogP contribution >= 0.6 is 0 Å². The van der Waals surface area contributed by atoms with Gasteiger partial charge in [-0.2, -0.15) is 0 Å². The maximum Gasteiger partial charge on any atom is 0.160 e. The molecular formula is C44H26N4O. The van der Waals surface area contributed by atoms with Gasteiger partial charge in [-0.1, -0.05) is 103 Å². The predicted molar refractivity (Wildman–Crippen MR) is 201 cm³/mol. The summed E-state index contributed by atoms with van der Waals surface area (Å²) in [5, 5.41) is 7.72. The third-order valence-electron chi connectivity index (χ3n) is 9.95. The van der Waals surface area contributed by atoms with Crippen LogP contribution in [0.4, 0.5) is 0 Å². The van der Waals surface area contributed by atoms with E-state index in [2.05, 4.69) is 155 Å². The smallest absolute Gasteiger partial charge is 0.160 e. The second-order valence-corrected chi connectivity index (χ2v) is 12.6. The summed E-state index contributed by atoms with van der Waals surface area (Å²) in [6, 6.07) is 53.1. The first kappa shape index (κ1) is 26.4. The Hall–Kier alpha value is -6.72. The standard InChI is InChI=1S/C44H26N4O/c1-2-14-28(15-3-1)47-36-22-11-8-19-32(36)42-38(47)26-45-44(46-42)33-25-27-13-4-5-16-29(27)43-40(33)41-37(23-12-24-39(41)49-43)48-34-20-9-6-17-30(34)31-18-7-10-21-35(31)48/h1-26H. The van der Waals surface area contributed by atoms with Crippen molar-refractivity contribution in [1.82, 2.24) is 19.1 Å². The third kappa shape index (κ3) is 3.64. The molecule has 0 N–H and O–H groups in total. The molecule has 0 fully saturated rings. The molecule has 0 unspecified atom stereocenters. The van der Waals surface area contributed by atoms with E-state index in [0.717, 1.165) is 82.6 Å². The normalized spacial score (nSPS) is 12.1. The molecule has 7 aromatic carbocycles. The summed E-state index contributed by atoms with van der Waals surface area (Å²) < 4.78 is 11.5. The average Bonchev–Trinajstić information content (AvgIpc) is 3.83. The Kier molecular flexibility index (Phi) is 5.32. The molecule has 49 heavy (non-hydrogen) atoms. The van der Waals surface area contributed by atoms with Crippen LogP contribution in [0, 0.1) is 0 Å². The van der Waals surface area contributed by atoms with Gasteiger partial charge in [-0.25, -0.2) is 9.97 Å². The van der Waals surface area contributed by atoms with Gasteiger partial charge in [0.25, 0.3) is 0 Å². The van der Waals surface area contributed by atoms with Crippen molar-refractivity contribution in [3.63, 3.8) is 0 Å². The lowest BCUT2D eigenvalue weighted by Gasteiger charge is -2.11. The predicted octanol–water partition coefficient (Wildman–Crippen LogP) is 11.4. The number of para-hydroxylation sites is 4. The summed E-state index contributed by atoms with van der Waals surface area (Å²) in [5.74, 6) is 0.666. The van der Waals surface area contributed by atoms with Gasteiger partial charge in [0, 0.05) is 38.2 Å². The first-order chi connectivity index (χ1) is 24.3. The van der Waals surface area contributed by atoms with Crippen LogP contribution in [0.3, 0.4) is 0 Å². The molecule has 0 aliphatic carbocycles. The van der Waals surface area contributed by atoms with E-state index in [1.165, 1.54) is 10.8 Å². The highest BCUT2D eigenvalue weighted by Crippen LogP contribution is 2.44. The molecule has 0 aliphatic rings. The number of rotatable bonds is 3. The molecule has 0 spiro atoms. The Labute approximate surface area is 279 Å². The molecular weight excluding hydrogens is 601 g/mol. The molecule has 0 amide bonds. The van der Waals surface area contributed by atoms with E-state index in [0.29, 0.717) is 5.82 Å². The van der Waals surface area contributed by atoms with Crippen LogP contribution in [0.2, 0.25) is 0 Å². The number of hydrogen-bond acceptors (Lipinski definition) is 3. The fourth-order valence-electron chi connectivity index (χ4n) is 7.90. The van der Waals surface area contributed by atoms with Gasteiger partial charge in [0.1, 0.15) is 16.7 Å². The van der Waals surface area contributed by atoms with Crippen LogP contribution in [0.5, 0.6) is 0 Å². The van der Waals surface area contributed by atoms with Crippen LogP contribution in [0.15, 0.2) is 162 Å². The molecule has 0 bridgehead atoms. The zero-order valence-corrected chi connectivity index (χ0v) is 26.2. The molecule has 5 nitrogen and oxygen atoms in total. The SMILES string of the molecule is c1ccc(-n2c3ccccc3c3nc(-c4cc5ccccc5c5oc6cccc(-n7c8ccccc8c8ccccc87)c6c45)ncc32)cc1. The lowest BCUT2D eigenvalue weighted by molar-refractivity contribution is 0.672. The van der Waals surface area contributed by atoms with E-state index in [1.807, 2.05) is 12.3 Å². The Balaban J connectivity index is 1.28. The van der Waals surface area contributed by atoms with E-state index in [1.54, 1.807) is 0 Å². The van der Waals surface area contributed by atoms with Gasteiger partial charge in [-0.3, -0.25) is 0 Å². The van der Waals surface area contributed by atoms with E-state index < -0.39 is 0 Å². The highest BCUT2D eigenvalue weighted by Gasteiger charge is 2.23. The van der Waals surface area contributed by atoms with Crippen LogP contribution in [0.1, 0.15) is 0 Å². The molecule has 4 heterocycles. The first-order valence-corrected chi connectivity index (χ1v) is 16.5. The number of benzene rings is 7. The Morgan fingerprint density at radius 2 is 1.12 bits per heavy atom. The average molecular weight is 627 g/mol. The fraction of sp³-hybridized carbons (Fsp3) is 0. The maximum absolute atomic E-state index is 6.84. The minimum Gasteiger partial charge on any atom is -0.455 e. The molecule has 11 aromatic rings. The molecule has 5 heteroatoms. The fourth-order valence-corrected chi connectivity index (χ4v) is 7.90. The van der Waals surface area contributed by atoms with Crippen molar-refractivity contribution in [3.8, 4) is 22.8 Å². The van der Waals surface area contributed by atoms with Crippen molar-refractivity contribution in [2.24, 2.45) is 0 Å². The summed E-state index contributed by atoms with van der Waals surface area (Å²) in [6.07, 6.45) is 1.97. The van der Waals surface area contributed by atoms with Gasteiger partial charge in [0.05, 0.1) is 39.3 Å². The minimum absolute atomic E-state index is 0.666. The molecule has 228 valence electrons. The zero-order valence-electron chi connectivity index (χ0n) is 26.2. The quantitative estimate of drug-likeness (QED) is 0.196. The summed E-state index contributed by atoms with van der Waals surface area (Å²) in [4.78, 5) is 10.5. The molecule has 0 radical (unpaired) electrons. The number of aromatic nitrogens is 4. The maximum atomic E-state index is 6.84. The number of furan rings is 1. The van der Waals surface area contributed by atoms with Crippen molar-refractivity contribution in [1.29, 1.82) is 0 Å². The van der Waals surface area contributed by atoms with E-state index >= 15 is 0 Å². The van der Waals surface area contributed by atoms with Gasteiger partial charge in [-0.15, -0.1) is 0 Å². The first-order valence-electron chi connectivity index (χ1n) is 16.5. The van der Waals surface area contributed by atoms with Gasteiger partial charge in [0.2, 0.25) is 0 Å². The van der Waals surface area contributed by atoms with Crippen molar-refractivity contribution in [2.45, 2.75) is 0 Å². The topological polar surface area (TPSA) is 48.8 Å². The minimum atomic E-state index is 0.666. The Morgan fingerprint density at radius 1 is 0.490 bits per heavy atom. The van der Waals surface area contributed by atoms with Crippen LogP contribution in [0.25, 0.3) is 99.2 Å². The van der Waals surface area contributed by atoms with Gasteiger partial charge < -0.3 is 13.6 Å². The van der Waals surface area contributed by atoms with Crippen molar-refractivity contribution >= 4 is 76.5 Å². The van der Waals surface area contributed by atoms with Crippen LogP contribution in [-0.2, 0) is 0 Å². The lowest BCUT2D eigenvalue weighted by Crippen LogP contribution is -1.97. The molecule has 11 rings (SSSR count). The highest BCUT2D eigenvalue weighted by molar-refractivity contribution is 6.24. The van der Waals surface area contributed by atoms with Gasteiger partial charge in [0.15, 0.2) is 5.82 Å². The molecule has 4 aromatic heterocycles. The Bertz CT molecular complexity index is 3060. The molecule has 0 saturated carbocycles. The summed E-state index contributed by atoms with van der Waals surface area (Å²) >= 11 is 0. The third-order valence-corrected chi connectivity index (χ3v) is 9.95. The van der Waals surface area contributed by atoms with Crippen LogP contribution < -0.4 is 0 Å². The molecule has 0 atom stereocenters. The Morgan fingerprint density at radius 3 is 1.88 bits per heavy atom. The summed E-state index contributed by atoms with van der Waals surface area (Å²) in [6.45, 7) is 0. The van der Waals surface area contributed by atoms with Crippen molar-refractivity contribution in [3.05, 3.63) is 158 Å². The lowest BCUT2D eigenvalue weighted by atomic mass is 9.98. The monoisotopic (exact) mass is 626 g/mol. The summed E-state index contributed by atoms with van der Waals surface area (Å²) in [7, 11) is 0. The van der Waals surface area contributed by atoms with E-state index in [-0.39, 0.29) is 0 Å². The zero-order chi connectivity index (χ0) is 32.1. The largest absolute Gasteiger partial charge is 0.455 e. The number of fused-ring (bicyclic) bond motifs is 11. The second-order valence-electron chi connectivity index (χ2n) is 12.6. The second kappa shape index (κ2) is 9.89. The molecule has 0 saturated heterocycles. The summed E-state index contributed by atoms with van der Waals surface area (Å²) in [5.41, 5.74) is 10.0. The van der Waals surface area contributed by atoms with E-state index in [9.17, 15) is 0 Å². The number of nitrogens with zero attached hydrogens (tertiary/aromatic N) is 4. The van der Waals surface area contributed by atoms with Gasteiger partial charge >= 0.3 is 0 Å². The van der Waals surface area contributed by atoms with Crippen molar-refractivity contribution in [2.75, 3.05) is 0 Å².